The fourth-order valence-electron chi connectivity index (χ4n) is 2.50. The first-order valence-electron chi connectivity index (χ1n) is 8.68. The molecule has 0 aliphatic heterocycles. The highest BCUT2D eigenvalue weighted by Crippen LogP contribution is 2.16. The zero-order valence-corrected chi connectivity index (χ0v) is 16.0. The number of amides is 2. The van der Waals surface area contributed by atoms with Gasteiger partial charge in [0.1, 0.15) is 0 Å². The Labute approximate surface area is 167 Å². The molecule has 0 radical (unpaired) electrons. The molecule has 7 nitrogen and oxygen atoms in total. The monoisotopic (exact) mass is 398 g/mol. The molecule has 2 aromatic carbocycles. The lowest BCUT2D eigenvalue weighted by Gasteiger charge is -2.16. The number of hydrogen-bond acceptors (Lipinski definition) is 5. The molecule has 2 amide bonds. The summed E-state index contributed by atoms with van der Waals surface area (Å²) in [5.74, 6) is 0.387. The number of hydrogen-bond donors (Lipinski definition) is 1. The molecule has 3 rings (SSSR count). The molecule has 0 aliphatic rings. The minimum absolute atomic E-state index is 0.0550. The van der Waals surface area contributed by atoms with Gasteiger partial charge < -0.3 is 14.7 Å². The molecule has 144 valence electrons. The molecule has 0 atom stereocenters. The first kappa shape index (κ1) is 19.6. The van der Waals surface area contributed by atoms with E-state index in [0.29, 0.717) is 28.8 Å². The van der Waals surface area contributed by atoms with Gasteiger partial charge in [0.25, 0.3) is 0 Å². The second-order valence-corrected chi connectivity index (χ2v) is 6.62. The fraction of sp³-hybridized carbons (Fsp3) is 0.200. The molecule has 0 bridgehead atoms. The van der Waals surface area contributed by atoms with E-state index in [-0.39, 0.29) is 24.8 Å². The van der Waals surface area contributed by atoms with Crippen LogP contribution >= 0.6 is 11.6 Å². The van der Waals surface area contributed by atoms with Crippen molar-refractivity contribution in [1.29, 1.82) is 0 Å². The number of anilines is 1. The summed E-state index contributed by atoms with van der Waals surface area (Å²) < 4.78 is 5.20. The number of carbonyl (C=O) groups excluding carboxylic acids is 2. The van der Waals surface area contributed by atoms with Gasteiger partial charge >= 0.3 is 0 Å². The molecule has 8 heteroatoms. The highest BCUT2D eigenvalue weighted by Gasteiger charge is 2.15. The lowest BCUT2D eigenvalue weighted by atomic mass is 10.2. The maximum Gasteiger partial charge on any atom is 0.243 e. The van der Waals surface area contributed by atoms with Gasteiger partial charge in [0.15, 0.2) is 0 Å². The van der Waals surface area contributed by atoms with E-state index in [1.165, 1.54) is 4.90 Å². The Morgan fingerprint density at radius 1 is 1.11 bits per heavy atom. The van der Waals surface area contributed by atoms with Gasteiger partial charge in [-0.2, -0.15) is 4.98 Å². The molecule has 0 aliphatic carbocycles. The van der Waals surface area contributed by atoms with Gasteiger partial charge in [0, 0.05) is 36.2 Å². The summed E-state index contributed by atoms with van der Waals surface area (Å²) in [4.78, 5) is 30.0. The average Bonchev–Trinajstić information content (AvgIpc) is 3.17. The van der Waals surface area contributed by atoms with E-state index in [1.807, 2.05) is 30.3 Å². The highest BCUT2D eigenvalue weighted by molar-refractivity contribution is 6.30. The highest BCUT2D eigenvalue weighted by atomic mass is 35.5. The Morgan fingerprint density at radius 3 is 2.54 bits per heavy atom. The van der Waals surface area contributed by atoms with E-state index in [2.05, 4.69) is 15.5 Å². The number of likely N-dealkylation sites (N-methyl/N-ethyl adjacent to an activating group) is 1. The van der Waals surface area contributed by atoms with Crippen LogP contribution in [0, 0.1) is 0 Å². The normalized spacial score (nSPS) is 10.5. The molecule has 3 aromatic rings. The SMILES string of the molecule is CN(CC(=O)Nc1ccc(Cl)cc1)C(=O)CCc1nc(-c2ccccc2)no1. The topological polar surface area (TPSA) is 88.3 Å². The van der Waals surface area contributed by atoms with Crippen LogP contribution in [0.15, 0.2) is 59.1 Å². The second-order valence-electron chi connectivity index (χ2n) is 6.18. The van der Waals surface area contributed by atoms with E-state index in [9.17, 15) is 9.59 Å². The third-order valence-corrected chi connectivity index (χ3v) is 4.24. The molecule has 0 unspecified atom stereocenters. The van der Waals surface area contributed by atoms with Crippen molar-refractivity contribution in [2.45, 2.75) is 12.8 Å². The summed E-state index contributed by atoms with van der Waals surface area (Å²) in [5.41, 5.74) is 1.47. The first-order valence-corrected chi connectivity index (χ1v) is 9.06. The summed E-state index contributed by atoms with van der Waals surface area (Å²) >= 11 is 5.81. The largest absolute Gasteiger partial charge is 0.339 e. The maximum absolute atomic E-state index is 12.3. The molecule has 1 N–H and O–H groups in total. The van der Waals surface area contributed by atoms with E-state index in [1.54, 1.807) is 31.3 Å². The number of carbonyl (C=O) groups is 2. The van der Waals surface area contributed by atoms with Gasteiger partial charge in [-0.15, -0.1) is 0 Å². The third-order valence-electron chi connectivity index (χ3n) is 3.99. The van der Waals surface area contributed by atoms with E-state index >= 15 is 0 Å². The Bertz CT molecular complexity index is 942. The number of aryl methyl sites for hydroxylation is 1. The minimum Gasteiger partial charge on any atom is -0.339 e. The van der Waals surface area contributed by atoms with E-state index in [0.717, 1.165) is 5.56 Å². The lowest BCUT2D eigenvalue weighted by Crippen LogP contribution is -2.35. The van der Waals surface area contributed by atoms with Gasteiger partial charge in [-0.25, -0.2) is 0 Å². The molecule has 1 aromatic heterocycles. The van der Waals surface area contributed by atoms with Crippen LogP contribution in [0.5, 0.6) is 0 Å². The Kier molecular flexibility index (Phi) is 6.39. The predicted molar refractivity (Wildman–Crippen MR) is 106 cm³/mol. The maximum atomic E-state index is 12.3. The predicted octanol–water partition coefficient (Wildman–Crippen LogP) is 3.42. The van der Waals surface area contributed by atoms with Crippen LogP contribution in [0.3, 0.4) is 0 Å². The quantitative estimate of drug-likeness (QED) is 0.658. The second kappa shape index (κ2) is 9.14. The molecule has 0 saturated heterocycles. The molecular formula is C20H19ClN4O3. The van der Waals surface area contributed by atoms with Crippen molar-refractivity contribution in [2.24, 2.45) is 0 Å². The van der Waals surface area contributed by atoms with Crippen molar-refractivity contribution < 1.29 is 14.1 Å². The van der Waals surface area contributed by atoms with Crippen molar-refractivity contribution in [3.63, 3.8) is 0 Å². The molecule has 1 heterocycles. The van der Waals surface area contributed by atoms with E-state index in [4.69, 9.17) is 16.1 Å². The van der Waals surface area contributed by atoms with Gasteiger partial charge in [-0.05, 0) is 24.3 Å². The zero-order chi connectivity index (χ0) is 19.9. The van der Waals surface area contributed by atoms with Crippen molar-refractivity contribution in [3.8, 4) is 11.4 Å². The Morgan fingerprint density at radius 2 is 1.82 bits per heavy atom. The van der Waals surface area contributed by atoms with Crippen LogP contribution in [-0.4, -0.2) is 40.4 Å². The van der Waals surface area contributed by atoms with Crippen molar-refractivity contribution in [2.75, 3.05) is 18.9 Å². The van der Waals surface area contributed by atoms with Gasteiger partial charge in [-0.1, -0.05) is 47.1 Å². The number of rotatable bonds is 7. The summed E-state index contributed by atoms with van der Waals surface area (Å²) in [6.45, 7) is -0.0550. The number of nitrogens with one attached hydrogen (secondary N) is 1. The number of aromatic nitrogens is 2. The van der Waals surface area contributed by atoms with E-state index < -0.39 is 0 Å². The number of benzene rings is 2. The van der Waals surface area contributed by atoms with Crippen molar-refractivity contribution >= 4 is 29.1 Å². The fourth-order valence-corrected chi connectivity index (χ4v) is 2.63. The first-order chi connectivity index (χ1) is 13.5. The Hall–Kier alpha value is -3.19. The van der Waals surface area contributed by atoms with Crippen LogP contribution in [0.1, 0.15) is 12.3 Å². The third kappa shape index (κ3) is 5.40. The molecule has 0 saturated carbocycles. The van der Waals surface area contributed by atoms with Crippen LogP contribution in [0.2, 0.25) is 5.02 Å². The molecule has 0 fully saturated rings. The van der Waals surface area contributed by atoms with Gasteiger partial charge in [0.2, 0.25) is 23.5 Å². The summed E-state index contributed by atoms with van der Waals surface area (Å²) in [6.07, 6.45) is 0.475. The standard InChI is InChI=1S/C20H19ClN4O3/c1-25(13-17(26)22-16-9-7-15(21)8-10-16)19(27)12-11-18-23-20(24-28-18)14-5-3-2-4-6-14/h2-10H,11-13H2,1H3,(H,22,26). The van der Waals surface area contributed by atoms with Gasteiger partial charge in [-0.3, -0.25) is 9.59 Å². The number of halogens is 1. The van der Waals surface area contributed by atoms with Crippen molar-refractivity contribution in [3.05, 3.63) is 65.5 Å². The van der Waals surface area contributed by atoms with Gasteiger partial charge in [0.05, 0.1) is 6.54 Å². The summed E-state index contributed by atoms with van der Waals surface area (Å²) in [7, 11) is 1.58. The van der Waals surface area contributed by atoms with Crippen LogP contribution in [0.25, 0.3) is 11.4 Å². The summed E-state index contributed by atoms with van der Waals surface area (Å²) in [5, 5.41) is 7.23. The molecule has 28 heavy (non-hydrogen) atoms. The number of nitrogens with zero attached hydrogens (tertiary/aromatic N) is 3. The van der Waals surface area contributed by atoms with Crippen molar-refractivity contribution in [1.82, 2.24) is 15.0 Å². The van der Waals surface area contributed by atoms with Crippen LogP contribution in [-0.2, 0) is 16.0 Å². The lowest BCUT2D eigenvalue weighted by molar-refractivity contribution is -0.133. The molecular weight excluding hydrogens is 380 g/mol. The zero-order valence-electron chi connectivity index (χ0n) is 15.3. The van der Waals surface area contributed by atoms with Crippen LogP contribution < -0.4 is 5.32 Å². The van der Waals surface area contributed by atoms with Crippen LogP contribution in [0.4, 0.5) is 5.69 Å². The minimum atomic E-state index is -0.290. The Balaban J connectivity index is 1.47. The average molecular weight is 399 g/mol. The molecule has 0 spiro atoms. The summed E-state index contributed by atoms with van der Waals surface area (Å²) in [6, 6.07) is 16.2. The smallest absolute Gasteiger partial charge is 0.243 e.